The SMILES string of the molecule is O=C(/C=C/c1ccccc1)n1ccc2cc(F)ccc21. The van der Waals surface area contributed by atoms with Crippen molar-refractivity contribution in [2.45, 2.75) is 0 Å². The average Bonchev–Trinajstić information content (AvgIpc) is 2.89. The summed E-state index contributed by atoms with van der Waals surface area (Å²) in [6, 6.07) is 15.7. The summed E-state index contributed by atoms with van der Waals surface area (Å²) in [6.07, 6.45) is 4.93. The van der Waals surface area contributed by atoms with Gasteiger partial charge >= 0.3 is 0 Å². The molecule has 3 heteroatoms. The lowest BCUT2D eigenvalue weighted by molar-refractivity contribution is 0.0975. The highest BCUT2D eigenvalue weighted by molar-refractivity contribution is 6.00. The highest BCUT2D eigenvalue weighted by Gasteiger charge is 2.06. The Bertz CT molecular complexity index is 787. The normalized spacial score (nSPS) is 11.2. The van der Waals surface area contributed by atoms with Crippen LogP contribution in [0.4, 0.5) is 4.39 Å². The maximum absolute atomic E-state index is 13.1. The summed E-state index contributed by atoms with van der Waals surface area (Å²) in [5.74, 6) is -0.460. The Kier molecular flexibility index (Phi) is 3.17. The van der Waals surface area contributed by atoms with E-state index in [-0.39, 0.29) is 11.7 Å². The molecule has 0 radical (unpaired) electrons. The van der Waals surface area contributed by atoms with Crippen LogP contribution in [0.3, 0.4) is 0 Å². The number of aromatic nitrogens is 1. The fraction of sp³-hybridized carbons (Fsp3) is 0. The molecular formula is C17H12FNO. The number of halogens is 1. The lowest BCUT2D eigenvalue weighted by Gasteiger charge is -2.00. The Hall–Kier alpha value is -2.68. The first-order valence-corrected chi connectivity index (χ1v) is 6.28. The van der Waals surface area contributed by atoms with E-state index in [4.69, 9.17) is 0 Å². The van der Waals surface area contributed by atoms with Gasteiger partial charge in [0.05, 0.1) is 5.52 Å². The molecule has 98 valence electrons. The summed E-state index contributed by atoms with van der Waals surface area (Å²) in [5.41, 5.74) is 1.66. The molecule has 2 aromatic carbocycles. The smallest absolute Gasteiger partial charge is 0.255 e. The third kappa shape index (κ3) is 2.38. The van der Waals surface area contributed by atoms with Crippen LogP contribution >= 0.6 is 0 Å². The van der Waals surface area contributed by atoms with E-state index >= 15 is 0 Å². The minimum atomic E-state index is -0.303. The molecule has 0 unspecified atom stereocenters. The van der Waals surface area contributed by atoms with Gasteiger partial charge in [0.2, 0.25) is 0 Å². The van der Waals surface area contributed by atoms with Gasteiger partial charge in [0.1, 0.15) is 5.82 Å². The molecule has 0 spiro atoms. The van der Waals surface area contributed by atoms with Crippen molar-refractivity contribution in [1.29, 1.82) is 0 Å². The van der Waals surface area contributed by atoms with E-state index in [0.717, 1.165) is 5.56 Å². The van der Waals surface area contributed by atoms with Crippen molar-refractivity contribution in [3.63, 3.8) is 0 Å². The summed E-state index contributed by atoms with van der Waals surface area (Å²) < 4.78 is 14.6. The van der Waals surface area contributed by atoms with Crippen LogP contribution in [0.5, 0.6) is 0 Å². The molecule has 20 heavy (non-hydrogen) atoms. The molecule has 2 nitrogen and oxygen atoms in total. The highest BCUT2D eigenvalue weighted by Crippen LogP contribution is 2.17. The fourth-order valence-corrected chi connectivity index (χ4v) is 2.12. The number of fused-ring (bicyclic) bond motifs is 1. The summed E-state index contributed by atoms with van der Waals surface area (Å²) in [4.78, 5) is 12.2. The maximum Gasteiger partial charge on any atom is 0.255 e. The molecule has 0 atom stereocenters. The Balaban J connectivity index is 1.91. The summed E-state index contributed by atoms with van der Waals surface area (Å²) in [6.45, 7) is 0. The second kappa shape index (κ2) is 5.13. The second-order valence-corrected chi connectivity index (χ2v) is 4.47. The highest BCUT2D eigenvalue weighted by atomic mass is 19.1. The van der Waals surface area contributed by atoms with Gasteiger partial charge in [-0.05, 0) is 35.9 Å². The molecule has 0 saturated heterocycles. The number of rotatable bonds is 2. The maximum atomic E-state index is 13.1. The van der Waals surface area contributed by atoms with E-state index in [2.05, 4.69) is 0 Å². The van der Waals surface area contributed by atoms with E-state index < -0.39 is 0 Å². The fourth-order valence-electron chi connectivity index (χ4n) is 2.12. The molecule has 1 aromatic heterocycles. The van der Waals surface area contributed by atoms with Crippen LogP contribution in [0.1, 0.15) is 10.4 Å². The van der Waals surface area contributed by atoms with Crippen molar-refractivity contribution in [1.82, 2.24) is 4.57 Å². The number of allylic oxidation sites excluding steroid dienone is 1. The Morgan fingerprint density at radius 3 is 2.65 bits per heavy atom. The number of carbonyl (C=O) groups is 1. The lowest BCUT2D eigenvalue weighted by Crippen LogP contribution is -2.04. The molecular weight excluding hydrogens is 253 g/mol. The van der Waals surface area contributed by atoms with E-state index in [0.29, 0.717) is 10.9 Å². The largest absolute Gasteiger partial charge is 0.284 e. The van der Waals surface area contributed by atoms with Crippen molar-refractivity contribution < 1.29 is 9.18 Å². The van der Waals surface area contributed by atoms with Crippen LogP contribution in [0.15, 0.2) is 66.9 Å². The van der Waals surface area contributed by atoms with Crippen LogP contribution < -0.4 is 0 Å². The molecule has 0 fully saturated rings. The minimum Gasteiger partial charge on any atom is -0.284 e. The average molecular weight is 265 g/mol. The molecule has 0 saturated carbocycles. The van der Waals surface area contributed by atoms with Gasteiger partial charge in [-0.15, -0.1) is 0 Å². The molecule has 0 aliphatic rings. The van der Waals surface area contributed by atoms with Crippen LogP contribution in [0.2, 0.25) is 0 Å². The number of hydrogen-bond donors (Lipinski definition) is 0. The Labute approximate surface area is 115 Å². The van der Waals surface area contributed by atoms with Gasteiger partial charge in [0, 0.05) is 17.7 Å². The zero-order chi connectivity index (χ0) is 13.9. The Morgan fingerprint density at radius 1 is 1.05 bits per heavy atom. The van der Waals surface area contributed by atoms with E-state index in [1.807, 2.05) is 30.3 Å². The van der Waals surface area contributed by atoms with Crippen LogP contribution in [0, 0.1) is 5.82 Å². The van der Waals surface area contributed by atoms with Gasteiger partial charge in [-0.25, -0.2) is 4.39 Å². The molecule has 0 aliphatic heterocycles. The first-order chi connectivity index (χ1) is 9.74. The second-order valence-electron chi connectivity index (χ2n) is 4.47. The molecule has 3 aromatic rings. The molecule has 0 amide bonds. The van der Waals surface area contributed by atoms with Crippen molar-refractivity contribution in [2.75, 3.05) is 0 Å². The van der Waals surface area contributed by atoms with Crippen molar-refractivity contribution >= 4 is 22.9 Å². The number of nitrogens with zero attached hydrogens (tertiary/aromatic N) is 1. The molecule has 0 bridgehead atoms. The summed E-state index contributed by atoms with van der Waals surface area (Å²) >= 11 is 0. The first-order valence-electron chi connectivity index (χ1n) is 6.28. The quantitative estimate of drug-likeness (QED) is 0.638. The van der Waals surface area contributed by atoms with Gasteiger partial charge < -0.3 is 0 Å². The third-order valence-corrected chi connectivity index (χ3v) is 3.11. The summed E-state index contributed by atoms with van der Waals surface area (Å²) in [7, 11) is 0. The van der Waals surface area contributed by atoms with Crippen LogP contribution in [0.25, 0.3) is 17.0 Å². The predicted octanol–water partition coefficient (Wildman–Crippen LogP) is 4.13. The topological polar surface area (TPSA) is 22.0 Å². The van der Waals surface area contributed by atoms with Crippen LogP contribution in [-0.4, -0.2) is 10.5 Å². The van der Waals surface area contributed by atoms with E-state index in [1.54, 1.807) is 24.4 Å². The zero-order valence-electron chi connectivity index (χ0n) is 10.7. The number of hydrogen-bond acceptors (Lipinski definition) is 1. The molecule has 1 heterocycles. The number of carbonyl (C=O) groups excluding carboxylic acids is 1. The van der Waals surface area contributed by atoms with E-state index in [9.17, 15) is 9.18 Å². The van der Waals surface area contributed by atoms with Crippen molar-refractivity contribution in [3.05, 3.63) is 78.3 Å². The van der Waals surface area contributed by atoms with Gasteiger partial charge in [-0.3, -0.25) is 9.36 Å². The standard InChI is InChI=1S/C17H12FNO/c18-15-7-8-16-14(12-15)10-11-19(16)17(20)9-6-13-4-2-1-3-5-13/h1-12H/b9-6+. The van der Waals surface area contributed by atoms with Gasteiger partial charge in [-0.1, -0.05) is 30.3 Å². The van der Waals surface area contributed by atoms with Gasteiger partial charge in [-0.2, -0.15) is 0 Å². The summed E-state index contributed by atoms with van der Waals surface area (Å²) in [5, 5.41) is 0.714. The van der Waals surface area contributed by atoms with Gasteiger partial charge in [0.25, 0.3) is 5.91 Å². The third-order valence-electron chi connectivity index (χ3n) is 3.11. The Morgan fingerprint density at radius 2 is 1.85 bits per heavy atom. The number of benzene rings is 2. The zero-order valence-corrected chi connectivity index (χ0v) is 10.7. The van der Waals surface area contributed by atoms with Gasteiger partial charge in [0.15, 0.2) is 0 Å². The molecule has 3 rings (SSSR count). The lowest BCUT2D eigenvalue weighted by atomic mass is 10.2. The van der Waals surface area contributed by atoms with E-state index in [1.165, 1.54) is 22.8 Å². The van der Waals surface area contributed by atoms with Crippen LogP contribution in [-0.2, 0) is 0 Å². The van der Waals surface area contributed by atoms with Crippen molar-refractivity contribution in [3.8, 4) is 0 Å². The van der Waals surface area contributed by atoms with Crippen molar-refractivity contribution in [2.24, 2.45) is 0 Å². The minimum absolute atomic E-state index is 0.157. The predicted molar refractivity (Wildman–Crippen MR) is 78.0 cm³/mol. The molecule has 0 N–H and O–H groups in total. The monoisotopic (exact) mass is 265 g/mol. The first kappa shape index (κ1) is 12.4. The molecule has 0 aliphatic carbocycles.